The molecule has 0 aromatic heterocycles. The fraction of sp³-hybridized carbons (Fsp3) is 0.364. The van der Waals surface area contributed by atoms with E-state index in [2.05, 4.69) is 20.7 Å². The number of hydrogen-bond acceptors (Lipinski definition) is 3. The normalized spacial score (nSPS) is 13.2. The Morgan fingerprint density at radius 2 is 1.94 bits per heavy atom. The number of halogens is 1. The van der Waals surface area contributed by atoms with Gasteiger partial charge in [-0.3, -0.25) is 4.79 Å². The molecule has 0 heterocycles. The van der Waals surface area contributed by atoms with Crippen molar-refractivity contribution in [2.45, 2.75) is 30.7 Å². The zero-order valence-electron chi connectivity index (χ0n) is 9.76. The van der Waals surface area contributed by atoms with Gasteiger partial charge in [-0.2, -0.15) is 4.72 Å². The van der Waals surface area contributed by atoms with Crippen LogP contribution in [0, 0.1) is 0 Å². The maximum atomic E-state index is 11.9. The summed E-state index contributed by atoms with van der Waals surface area (Å²) in [6.07, 6.45) is 0.838. The van der Waals surface area contributed by atoms with Crippen LogP contribution in [0.4, 0.5) is 0 Å². The molecule has 100 valence electrons. The fourth-order valence-electron chi connectivity index (χ4n) is 1.39. The van der Waals surface area contributed by atoms with E-state index in [1.807, 2.05) is 0 Å². The Hall–Kier alpha value is -0.920. The van der Waals surface area contributed by atoms with Crippen molar-refractivity contribution < 1.29 is 18.3 Å². The molecule has 0 amide bonds. The zero-order valence-corrected chi connectivity index (χ0v) is 12.2. The van der Waals surface area contributed by atoms with E-state index < -0.39 is 22.0 Å². The summed E-state index contributed by atoms with van der Waals surface area (Å²) in [6.45, 7) is 1.80. The lowest BCUT2D eigenvalue weighted by Gasteiger charge is -2.13. The second kappa shape index (κ2) is 6.31. The molecule has 5 nitrogen and oxygen atoms in total. The van der Waals surface area contributed by atoms with Crippen LogP contribution in [-0.2, 0) is 14.8 Å². The molecule has 7 heteroatoms. The van der Waals surface area contributed by atoms with Crippen molar-refractivity contribution in [2.24, 2.45) is 0 Å². The van der Waals surface area contributed by atoms with Crippen LogP contribution in [0.15, 0.2) is 33.6 Å². The Bertz CT molecular complexity index is 512. The van der Waals surface area contributed by atoms with E-state index >= 15 is 0 Å². The van der Waals surface area contributed by atoms with E-state index in [4.69, 9.17) is 5.11 Å². The highest BCUT2D eigenvalue weighted by atomic mass is 79.9. The van der Waals surface area contributed by atoms with E-state index in [9.17, 15) is 13.2 Å². The van der Waals surface area contributed by atoms with Gasteiger partial charge in [0.2, 0.25) is 10.0 Å². The number of rotatable bonds is 6. The van der Waals surface area contributed by atoms with Gasteiger partial charge in [0.15, 0.2) is 0 Å². The average Bonchev–Trinajstić information content (AvgIpc) is 2.28. The van der Waals surface area contributed by atoms with Crippen LogP contribution in [0.3, 0.4) is 0 Å². The van der Waals surface area contributed by atoms with Gasteiger partial charge < -0.3 is 5.11 Å². The van der Waals surface area contributed by atoms with Crippen molar-refractivity contribution in [1.29, 1.82) is 0 Å². The molecule has 0 unspecified atom stereocenters. The Balaban J connectivity index is 2.93. The van der Waals surface area contributed by atoms with E-state index in [1.165, 1.54) is 12.1 Å². The van der Waals surface area contributed by atoms with Gasteiger partial charge in [0, 0.05) is 4.47 Å². The summed E-state index contributed by atoms with van der Waals surface area (Å²) >= 11 is 3.20. The molecule has 0 spiro atoms. The summed E-state index contributed by atoms with van der Waals surface area (Å²) in [4.78, 5) is 11.0. The smallest absolute Gasteiger partial charge is 0.321 e. The summed E-state index contributed by atoms with van der Waals surface area (Å²) in [5, 5.41) is 8.92. The standard InChI is InChI=1S/C11H14BrNO4S/c1-2-3-10(11(14)15)13-18(16,17)9-6-4-8(12)5-7-9/h4-7,10,13H,2-3H2,1H3,(H,14,15)/t10-/m1/s1. The zero-order chi connectivity index (χ0) is 13.8. The van der Waals surface area contributed by atoms with Gasteiger partial charge in [-0.1, -0.05) is 29.3 Å². The lowest BCUT2D eigenvalue weighted by Crippen LogP contribution is -2.40. The first-order valence-electron chi connectivity index (χ1n) is 5.37. The lowest BCUT2D eigenvalue weighted by atomic mass is 10.2. The van der Waals surface area contributed by atoms with Gasteiger partial charge in [0.05, 0.1) is 4.90 Å². The first kappa shape index (κ1) is 15.1. The molecule has 0 aliphatic carbocycles. The largest absolute Gasteiger partial charge is 0.480 e. The first-order valence-corrected chi connectivity index (χ1v) is 7.65. The number of carboxylic acid groups (broad SMARTS) is 1. The minimum Gasteiger partial charge on any atom is -0.480 e. The lowest BCUT2D eigenvalue weighted by molar-refractivity contribution is -0.139. The average molecular weight is 336 g/mol. The predicted molar refractivity (Wildman–Crippen MR) is 70.8 cm³/mol. The third-order valence-electron chi connectivity index (χ3n) is 2.30. The number of aliphatic carboxylic acids is 1. The van der Waals surface area contributed by atoms with E-state index in [0.717, 1.165) is 4.47 Å². The highest BCUT2D eigenvalue weighted by Crippen LogP contribution is 2.15. The molecule has 1 rings (SSSR count). The summed E-state index contributed by atoms with van der Waals surface area (Å²) in [5.41, 5.74) is 0. The molecule has 0 aliphatic heterocycles. The fourth-order valence-corrected chi connectivity index (χ4v) is 2.88. The second-order valence-corrected chi connectivity index (χ2v) is 6.38. The Morgan fingerprint density at radius 1 is 1.39 bits per heavy atom. The molecule has 0 bridgehead atoms. The van der Waals surface area contributed by atoms with Crippen LogP contribution in [0.25, 0.3) is 0 Å². The molecule has 0 saturated heterocycles. The molecule has 0 fully saturated rings. The van der Waals surface area contributed by atoms with Gasteiger partial charge >= 0.3 is 5.97 Å². The molecular formula is C11H14BrNO4S. The minimum atomic E-state index is -3.80. The van der Waals surface area contributed by atoms with Crippen LogP contribution < -0.4 is 4.72 Å². The van der Waals surface area contributed by atoms with E-state index in [0.29, 0.717) is 6.42 Å². The Labute approximate surface area is 114 Å². The summed E-state index contributed by atoms with van der Waals surface area (Å²) in [7, 11) is -3.80. The highest BCUT2D eigenvalue weighted by Gasteiger charge is 2.24. The maximum Gasteiger partial charge on any atom is 0.321 e. The van der Waals surface area contributed by atoms with Crippen LogP contribution >= 0.6 is 15.9 Å². The third-order valence-corrected chi connectivity index (χ3v) is 4.31. The summed E-state index contributed by atoms with van der Waals surface area (Å²) in [6, 6.07) is 4.91. The van der Waals surface area contributed by atoms with Gasteiger partial charge in [-0.05, 0) is 30.7 Å². The van der Waals surface area contributed by atoms with Gasteiger partial charge in [-0.15, -0.1) is 0 Å². The van der Waals surface area contributed by atoms with Crippen molar-refractivity contribution >= 4 is 31.9 Å². The predicted octanol–water partition coefficient (Wildman–Crippen LogP) is 1.98. The van der Waals surface area contributed by atoms with Gasteiger partial charge in [0.1, 0.15) is 6.04 Å². The SMILES string of the molecule is CCC[C@@H](NS(=O)(=O)c1ccc(Br)cc1)C(=O)O. The number of sulfonamides is 1. The Morgan fingerprint density at radius 3 is 2.39 bits per heavy atom. The Kier molecular flexibility index (Phi) is 5.30. The van der Waals surface area contributed by atoms with Crippen molar-refractivity contribution in [1.82, 2.24) is 4.72 Å². The number of carbonyl (C=O) groups is 1. The summed E-state index contributed by atoms with van der Waals surface area (Å²) in [5.74, 6) is -1.17. The number of benzene rings is 1. The molecule has 1 aromatic rings. The monoisotopic (exact) mass is 335 g/mol. The first-order chi connectivity index (χ1) is 8.36. The topological polar surface area (TPSA) is 83.5 Å². The van der Waals surface area contributed by atoms with Crippen molar-refractivity contribution in [3.05, 3.63) is 28.7 Å². The number of nitrogens with one attached hydrogen (secondary N) is 1. The summed E-state index contributed by atoms with van der Waals surface area (Å²) < 4.78 is 26.8. The van der Waals surface area contributed by atoms with Gasteiger partial charge in [0.25, 0.3) is 0 Å². The number of carboxylic acids is 1. The van der Waals surface area contributed by atoms with Crippen molar-refractivity contribution in [3.8, 4) is 0 Å². The van der Waals surface area contributed by atoms with Gasteiger partial charge in [-0.25, -0.2) is 8.42 Å². The van der Waals surface area contributed by atoms with Crippen LogP contribution in [0.5, 0.6) is 0 Å². The van der Waals surface area contributed by atoms with E-state index in [-0.39, 0.29) is 11.3 Å². The maximum absolute atomic E-state index is 11.9. The second-order valence-electron chi connectivity index (χ2n) is 3.75. The molecular weight excluding hydrogens is 322 g/mol. The highest BCUT2D eigenvalue weighted by molar-refractivity contribution is 9.10. The minimum absolute atomic E-state index is 0.0491. The van der Waals surface area contributed by atoms with Crippen molar-refractivity contribution in [3.63, 3.8) is 0 Å². The molecule has 1 aromatic carbocycles. The quantitative estimate of drug-likeness (QED) is 0.832. The third kappa shape index (κ3) is 4.08. The molecule has 1 atom stereocenters. The number of hydrogen-bond donors (Lipinski definition) is 2. The molecule has 0 radical (unpaired) electrons. The van der Waals surface area contributed by atoms with Crippen molar-refractivity contribution in [2.75, 3.05) is 0 Å². The molecule has 18 heavy (non-hydrogen) atoms. The molecule has 2 N–H and O–H groups in total. The molecule has 0 aliphatic rings. The van der Waals surface area contributed by atoms with E-state index in [1.54, 1.807) is 19.1 Å². The molecule has 0 saturated carbocycles. The van der Waals surface area contributed by atoms with Crippen LogP contribution in [0.1, 0.15) is 19.8 Å². The van der Waals surface area contributed by atoms with Crippen LogP contribution in [-0.4, -0.2) is 25.5 Å². The van der Waals surface area contributed by atoms with Crippen LogP contribution in [0.2, 0.25) is 0 Å².